The van der Waals surface area contributed by atoms with E-state index in [1.54, 1.807) is 26.4 Å². The third-order valence-corrected chi connectivity index (χ3v) is 8.40. The van der Waals surface area contributed by atoms with Gasteiger partial charge in [0.05, 0.1) is 75.7 Å². The Hall–Kier alpha value is -5.90. The first-order chi connectivity index (χ1) is 23.2. The first kappa shape index (κ1) is 30.7. The average molecular weight is 643 g/mol. The summed E-state index contributed by atoms with van der Waals surface area (Å²) in [5, 5.41) is 0. The molecule has 0 atom stereocenters. The molecular weight excluding hydrogens is 610 g/mol. The minimum Gasteiger partial charge on any atom is -0.497 e. The van der Waals surface area contributed by atoms with Crippen LogP contribution in [0.15, 0.2) is 84.9 Å². The van der Waals surface area contributed by atoms with E-state index in [2.05, 4.69) is 9.97 Å². The number of para-hydroxylation sites is 1. The first-order valence-electron chi connectivity index (χ1n) is 15.4. The van der Waals surface area contributed by atoms with Gasteiger partial charge in [-0.1, -0.05) is 24.3 Å². The van der Waals surface area contributed by atoms with Crippen LogP contribution in [0, 0.1) is 39.3 Å². The molecule has 10 heteroatoms. The molecule has 0 aliphatic rings. The molecule has 8 rings (SSSR count). The Bertz CT molecular complexity index is 2520. The topological polar surface area (TPSA) is 78.8 Å². The van der Waals surface area contributed by atoms with Crippen molar-refractivity contribution < 1.29 is 18.3 Å². The van der Waals surface area contributed by atoms with Gasteiger partial charge in [0.1, 0.15) is 34.8 Å². The summed E-state index contributed by atoms with van der Waals surface area (Å²) in [6.07, 6.45) is 0. The van der Waals surface area contributed by atoms with Crippen LogP contribution < -0.4 is 9.47 Å². The van der Waals surface area contributed by atoms with E-state index in [0.29, 0.717) is 11.0 Å². The molecule has 48 heavy (non-hydrogen) atoms. The van der Waals surface area contributed by atoms with Crippen molar-refractivity contribution in [2.24, 2.45) is 0 Å². The number of imidazole rings is 2. The van der Waals surface area contributed by atoms with Gasteiger partial charge < -0.3 is 9.47 Å². The lowest BCUT2D eigenvalue weighted by atomic mass is 10.2. The number of aromatic nitrogens is 6. The molecule has 0 spiro atoms. The third kappa shape index (κ3) is 5.15. The van der Waals surface area contributed by atoms with Gasteiger partial charge in [0, 0.05) is 17.7 Å². The maximum absolute atomic E-state index is 13.9. The zero-order chi connectivity index (χ0) is 33.7. The zero-order valence-corrected chi connectivity index (χ0v) is 27.3. The molecule has 0 fully saturated rings. The Labute approximate surface area is 275 Å². The molecule has 8 nitrogen and oxygen atoms in total. The Morgan fingerprint density at radius 1 is 0.542 bits per heavy atom. The van der Waals surface area contributed by atoms with Gasteiger partial charge in [-0.15, -0.1) is 0 Å². The normalized spacial score (nSPS) is 11.3. The minimum absolute atomic E-state index is 0.294. The second-order valence-corrected chi connectivity index (χ2v) is 11.5. The van der Waals surface area contributed by atoms with Crippen molar-refractivity contribution >= 4 is 33.1 Å². The molecule has 4 heterocycles. The van der Waals surface area contributed by atoms with E-state index in [9.17, 15) is 8.78 Å². The van der Waals surface area contributed by atoms with Crippen molar-refractivity contribution in [3.8, 4) is 34.3 Å². The van der Waals surface area contributed by atoms with E-state index in [4.69, 9.17) is 19.4 Å². The van der Waals surface area contributed by atoms with Gasteiger partial charge in [-0.25, -0.2) is 28.7 Å². The molecular formula is C38H32F2N6O2. The number of ether oxygens (including phenoxy) is 2. The van der Waals surface area contributed by atoms with Crippen LogP contribution in [0.2, 0.25) is 0 Å². The SMILES string of the molecule is COc1cccc(-c2nc(C)c3c(C)nc4ccc(F)cc4n23)c1.COc1ccccc1-c1nc(C)c2c(C)nc3ccc(F)cc3n12. The molecule has 0 unspecified atom stereocenters. The lowest BCUT2D eigenvalue weighted by molar-refractivity contribution is 0.415. The fourth-order valence-electron chi connectivity index (χ4n) is 6.35. The summed E-state index contributed by atoms with van der Waals surface area (Å²) in [6.45, 7) is 7.77. The predicted molar refractivity (Wildman–Crippen MR) is 184 cm³/mol. The average Bonchev–Trinajstić information content (AvgIpc) is 3.64. The second-order valence-electron chi connectivity index (χ2n) is 11.5. The van der Waals surface area contributed by atoms with Gasteiger partial charge in [0.2, 0.25) is 0 Å². The highest BCUT2D eigenvalue weighted by molar-refractivity contribution is 5.85. The molecule has 240 valence electrons. The maximum atomic E-state index is 13.9. The van der Waals surface area contributed by atoms with Crippen LogP contribution in [-0.4, -0.2) is 43.0 Å². The standard InChI is InChI=1S/2C19H16FN3O/c1-11-18-12(2)22-19(13-5-4-6-15(9-13)24-3)23(18)17-10-14(20)7-8-16(17)21-11;1-11-18-12(2)22-19(14-6-4-5-7-17(14)24-3)23(18)16-10-13(20)8-9-15(16)21-11/h2*4-10H,1-3H3. The quantitative estimate of drug-likeness (QED) is 0.191. The van der Waals surface area contributed by atoms with Crippen LogP contribution in [-0.2, 0) is 0 Å². The molecule has 0 aliphatic carbocycles. The smallest absolute Gasteiger partial charge is 0.149 e. The molecule has 4 aromatic heterocycles. The van der Waals surface area contributed by atoms with E-state index in [0.717, 1.165) is 79.1 Å². The number of aryl methyl sites for hydroxylation is 4. The maximum Gasteiger partial charge on any atom is 0.149 e. The number of halogens is 2. The predicted octanol–water partition coefficient (Wildman–Crippen LogP) is 8.63. The number of methoxy groups -OCH3 is 2. The Balaban J connectivity index is 0.000000152. The van der Waals surface area contributed by atoms with Crippen molar-refractivity contribution in [2.75, 3.05) is 14.2 Å². The molecule has 0 saturated carbocycles. The summed E-state index contributed by atoms with van der Waals surface area (Å²) in [7, 11) is 3.26. The fraction of sp³-hybridized carbons (Fsp3) is 0.158. The van der Waals surface area contributed by atoms with Crippen molar-refractivity contribution in [3.05, 3.63) is 119 Å². The lowest BCUT2D eigenvalue weighted by Gasteiger charge is -2.10. The van der Waals surface area contributed by atoms with Crippen molar-refractivity contribution in [1.29, 1.82) is 0 Å². The molecule has 0 bridgehead atoms. The number of benzene rings is 4. The van der Waals surface area contributed by atoms with Crippen molar-refractivity contribution in [2.45, 2.75) is 27.7 Å². The largest absolute Gasteiger partial charge is 0.497 e. The molecule has 8 aromatic rings. The summed E-state index contributed by atoms with van der Waals surface area (Å²) in [4.78, 5) is 18.6. The molecule has 0 N–H and O–H groups in total. The lowest BCUT2D eigenvalue weighted by Crippen LogP contribution is -1.99. The molecule has 4 aromatic carbocycles. The molecule has 0 radical (unpaired) electrons. The fourth-order valence-corrected chi connectivity index (χ4v) is 6.35. The summed E-state index contributed by atoms with van der Waals surface area (Å²) < 4.78 is 42.4. The summed E-state index contributed by atoms with van der Waals surface area (Å²) in [5.41, 5.74) is 9.89. The number of nitrogens with zero attached hydrogens (tertiary/aromatic N) is 6. The summed E-state index contributed by atoms with van der Waals surface area (Å²) in [6, 6.07) is 24.6. The highest BCUT2D eigenvalue weighted by Crippen LogP contribution is 2.34. The molecule has 0 amide bonds. The van der Waals surface area contributed by atoms with Gasteiger partial charge in [-0.3, -0.25) is 8.80 Å². The van der Waals surface area contributed by atoms with Gasteiger partial charge in [0.25, 0.3) is 0 Å². The minimum atomic E-state index is -0.299. The van der Waals surface area contributed by atoms with E-state index in [1.807, 2.05) is 85.0 Å². The third-order valence-electron chi connectivity index (χ3n) is 8.40. The number of rotatable bonds is 4. The van der Waals surface area contributed by atoms with Crippen LogP contribution in [0.4, 0.5) is 8.78 Å². The van der Waals surface area contributed by atoms with E-state index < -0.39 is 0 Å². The van der Waals surface area contributed by atoms with Gasteiger partial charge in [-0.2, -0.15) is 0 Å². The number of hydrogen-bond acceptors (Lipinski definition) is 6. The molecule has 0 aliphatic heterocycles. The van der Waals surface area contributed by atoms with Crippen molar-refractivity contribution in [1.82, 2.24) is 28.7 Å². The van der Waals surface area contributed by atoms with E-state index in [-0.39, 0.29) is 11.6 Å². The monoisotopic (exact) mass is 642 g/mol. The zero-order valence-electron chi connectivity index (χ0n) is 27.3. The Morgan fingerprint density at radius 2 is 1.08 bits per heavy atom. The van der Waals surface area contributed by atoms with Gasteiger partial charge in [-0.05, 0) is 76.2 Å². The van der Waals surface area contributed by atoms with Crippen LogP contribution >= 0.6 is 0 Å². The van der Waals surface area contributed by atoms with Gasteiger partial charge >= 0.3 is 0 Å². The molecule has 0 saturated heterocycles. The second kappa shape index (κ2) is 12.0. The van der Waals surface area contributed by atoms with Crippen molar-refractivity contribution in [3.63, 3.8) is 0 Å². The highest BCUT2D eigenvalue weighted by atomic mass is 19.1. The van der Waals surface area contributed by atoms with E-state index in [1.165, 1.54) is 24.3 Å². The van der Waals surface area contributed by atoms with Crippen LogP contribution in [0.1, 0.15) is 22.8 Å². The van der Waals surface area contributed by atoms with E-state index >= 15 is 0 Å². The highest BCUT2D eigenvalue weighted by Gasteiger charge is 2.19. The summed E-state index contributed by atoms with van der Waals surface area (Å²) >= 11 is 0. The number of fused-ring (bicyclic) bond motifs is 6. The van der Waals surface area contributed by atoms with Crippen LogP contribution in [0.3, 0.4) is 0 Å². The van der Waals surface area contributed by atoms with Crippen LogP contribution in [0.25, 0.3) is 55.9 Å². The Kier molecular flexibility index (Phi) is 7.71. The summed E-state index contributed by atoms with van der Waals surface area (Å²) in [5.74, 6) is 2.36. The van der Waals surface area contributed by atoms with Gasteiger partial charge in [0.15, 0.2) is 0 Å². The number of hydrogen-bond donors (Lipinski definition) is 0. The first-order valence-corrected chi connectivity index (χ1v) is 15.4. The van der Waals surface area contributed by atoms with Crippen LogP contribution in [0.5, 0.6) is 11.5 Å². The Morgan fingerprint density at radius 3 is 1.67 bits per heavy atom.